The molecule has 0 bridgehead atoms. The summed E-state index contributed by atoms with van der Waals surface area (Å²) in [6.07, 6.45) is 0.297. The molecule has 2 fully saturated rings. The first kappa shape index (κ1) is 43.1. The number of rotatable bonds is 12. The van der Waals surface area contributed by atoms with Crippen LogP contribution in [0.15, 0.2) is 72.8 Å². The number of methoxy groups -OCH3 is 2. The molecule has 0 unspecified atom stereocenters. The molecule has 0 aromatic heterocycles. The van der Waals surface area contributed by atoms with Crippen LogP contribution in [0.25, 0.3) is 0 Å². The van der Waals surface area contributed by atoms with Crippen LogP contribution < -0.4 is 15.4 Å². The molecule has 0 saturated heterocycles. The van der Waals surface area contributed by atoms with E-state index in [0.717, 1.165) is 55.5 Å². The number of esters is 2. The van der Waals surface area contributed by atoms with Gasteiger partial charge in [0.15, 0.2) is 0 Å². The van der Waals surface area contributed by atoms with Gasteiger partial charge in [-0.15, -0.1) is 13.2 Å². The second kappa shape index (κ2) is 20.3. The average Bonchev–Trinajstić information content (AvgIpc) is 3.19. The average molecular weight is 786 g/mol. The Balaban J connectivity index is 0.000000282. The lowest BCUT2D eigenvalue weighted by Gasteiger charge is -2.36. The second-order valence-electron chi connectivity index (χ2n) is 13.6. The number of hydrogen-bond acceptors (Lipinski definition) is 9. The molecule has 13 nitrogen and oxygen atoms in total. The van der Waals surface area contributed by atoms with Crippen LogP contribution in [-0.2, 0) is 32.2 Å². The van der Waals surface area contributed by atoms with E-state index in [9.17, 15) is 42.3 Å². The maximum Gasteiger partial charge on any atom is 0.573 e. The number of aliphatic carboxylic acids is 2. The Labute approximate surface area is 322 Å². The van der Waals surface area contributed by atoms with Crippen LogP contribution in [0.2, 0.25) is 0 Å². The topological polar surface area (TPSA) is 181 Å². The summed E-state index contributed by atoms with van der Waals surface area (Å²) in [7, 11) is 2.64. The molecular weight excluding hydrogens is 739 g/mol. The van der Waals surface area contributed by atoms with Crippen LogP contribution in [0.4, 0.5) is 23.7 Å². The monoisotopic (exact) mass is 785 g/mol. The van der Waals surface area contributed by atoms with Crippen molar-refractivity contribution in [2.24, 2.45) is 11.8 Å². The highest BCUT2D eigenvalue weighted by atomic mass is 19.4. The lowest BCUT2D eigenvalue weighted by atomic mass is 9.85. The van der Waals surface area contributed by atoms with Crippen LogP contribution in [0, 0.1) is 11.8 Å². The summed E-state index contributed by atoms with van der Waals surface area (Å²) in [5.74, 6) is -3.41. The van der Waals surface area contributed by atoms with Crippen molar-refractivity contribution >= 4 is 35.6 Å². The Morgan fingerprint density at radius 1 is 0.679 bits per heavy atom. The standard InChI is InChI=1S/C24H25F3N2O6.C16H21NO4/c1-34-22(32)17-4-2-15(3-5-17)14-29(19-10-6-16(7-11-19)21(30)31)23(33)28-18-8-12-20(13-9-18)35-24(25,26)27;1-21-16(20)13-4-2-11(3-5-13)10-17-14-8-6-12(7-9-14)15(18)19/h2-5,8-9,12-13,16,19H,6-7,10-11,14H2,1H3,(H,28,33)(H,30,31);2-5,12,14,17H,6-10H2,1H3,(H,18,19). The molecule has 5 rings (SSSR count). The SMILES string of the molecule is COC(=O)c1ccc(CN(C(=O)Nc2ccc(OC(F)(F)F)cc2)C2CCC(C(=O)O)CC2)cc1.COC(=O)c1ccc(CNC2CCC(C(=O)O)CC2)cc1. The van der Waals surface area contributed by atoms with Crippen molar-refractivity contribution in [3.05, 3.63) is 95.1 Å². The third kappa shape index (κ3) is 13.3. The van der Waals surface area contributed by atoms with Crippen LogP contribution >= 0.6 is 0 Å². The lowest BCUT2D eigenvalue weighted by Crippen LogP contribution is -2.44. The van der Waals surface area contributed by atoms with Gasteiger partial charge in [-0.05, 0) is 111 Å². The number of carbonyl (C=O) groups is 5. The third-order valence-electron chi connectivity index (χ3n) is 9.86. The van der Waals surface area contributed by atoms with E-state index in [2.05, 4.69) is 24.8 Å². The number of anilines is 1. The van der Waals surface area contributed by atoms with Gasteiger partial charge in [-0.25, -0.2) is 14.4 Å². The van der Waals surface area contributed by atoms with Crippen LogP contribution in [0.5, 0.6) is 5.75 Å². The number of amides is 2. The van der Waals surface area contributed by atoms with Gasteiger partial charge < -0.3 is 40.0 Å². The quantitative estimate of drug-likeness (QED) is 0.136. The fourth-order valence-electron chi connectivity index (χ4n) is 6.68. The highest BCUT2D eigenvalue weighted by Crippen LogP contribution is 2.30. The zero-order chi connectivity index (χ0) is 40.8. The number of alkyl halides is 3. The zero-order valence-corrected chi connectivity index (χ0v) is 31.1. The van der Waals surface area contributed by atoms with Gasteiger partial charge in [0.25, 0.3) is 0 Å². The minimum absolute atomic E-state index is 0.178. The van der Waals surface area contributed by atoms with E-state index in [4.69, 9.17) is 5.11 Å². The molecule has 2 aliphatic carbocycles. The van der Waals surface area contributed by atoms with Crippen molar-refractivity contribution in [3.63, 3.8) is 0 Å². The molecule has 2 saturated carbocycles. The smallest absolute Gasteiger partial charge is 0.481 e. The van der Waals surface area contributed by atoms with Gasteiger partial charge in [-0.1, -0.05) is 24.3 Å². The highest BCUT2D eigenvalue weighted by Gasteiger charge is 2.33. The van der Waals surface area contributed by atoms with E-state index < -0.39 is 42.0 Å². The number of carbonyl (C=O) groups excluding carboxylic acids is 3. The van der Waals surface area contributed by atoms with Crippen molar-refractivity contribution in [2.45, 2.75) is 82.9 Å². The molecule has 0 aliphatic heterocycles. The summed E-state index contributed by atoms with van der Waals surface area (Å²) < 4.78 is 50.3. The first-order valence-corrected chi connectivity index (χ1v) is 18.1. The number of carboxylic acid groups (broad SMARTS) is 2. The van der Waals surface area contributed by atoms with Crippen molar-refractivity contribution in [1.82, 2.24) is 10.2 Å². The number of benzene rings is 3. The molecule has 2 amide bonds. The van der Waals surface area contributed by atoms with Gasteiger partial charge in [-0.3, -0.25) is 9.59 Å². The van der Waals surface area contributed by atoms with E-state index in [1.807, 2.05) is 12.1 Å². The number of urea groups is 1. The van der Waals surface area contributed by atoms with Gasteiger partial charge in [0.05, 0.1) is 37.2 Å². The maximum absolute atomic E-state index is 13.2. The minimum atomic E-state index is -4.82. The first-order chi connectivity index (χ1) is 26.6. The summed E-state index contributed by atoms with van der Waals surface area (Å²) in [6, 6.07) is 18.3. The van der Waals surface area contributed by atoms with Gasteiger partial charge in [0, 0.05) is 30.9 Å². The van der Waals surface area contributed by atoms with Crippen molar-refractivity contribution in [3.8, 4) is 5.75 Å². The van der Waals surface area contributed by atoms with Gasteiger partial charge in [0.1, 0.15) is 5.75 Å². The fraction of sp³-hybridized carbons (Fsp3) is 0.425. The molecule has 3 aromatic carbocycles. The molecule has 0 spiro atoms. The maximum atomic E-state index is 13.2. The molecule has 3 aromatic rings. The largest absolute Gasteiger partial charge is 0.573 e. The molecule has 56 heavy (non-hydrogen) atoms. The van der Waals surface area contributed by atoms with Crippen molar-refractivity contribution in [1.29, 1.82) is 0 Å². The number of nitrogens with one attached hydrogen (secondary N) is 2. The molecule has 4 N–H and O–H groups in total. The summed E-state index contributed by atoms with van der Waals surface area (Å²) in [6.45, 7) is 0.912. The Hall–Kier alpha value is -5.64. The number of nitrogens with zero attached hydrogens (tertiary/aromatic N) is 1. The van der Waals surface area contributed by atoms with Gasteiger partial charge >= 0.3 is 36.3 Å². The molecule has 2 aliphatic rings. The molecule has 0 radical (unpaired) electrons. The Morgan fingerprint density at radius 3 is 1.59 bits per heavy atom. The lowest BCUT2D eigenvalue weighted by molar-refractivity contribution is -0.274. The van der Waals surface area contributed by atoms with E-state index >= 15 is 0 Å². The Kier molecular flexibility index (Phi) is 15.6. The number of ether oxygens (including phenoxy) is 3. The molecule has 0 heterocycles. The third-order valence-corrected chi connectivity index (χ3v) is 9.86. The molecule has 302 valence electrons. The Morgan fingerprint density at radius 2 is 1.14 bits per heavy atom. The first-order valence-electron chi connectivity index (χ1n) is 18.1. The van der Waals surface area contributed by atoms with Gasteiger partial charge in [-0.2, -0.15) is 0 Å². The van der Waals surface area contributed by atoms with E-state index in [-0.39, 0.29) is 30.2 Å². The minimum Gasteiger partial charge on any atom is -0.481 e. The number of halogens is 3. The zero-order valence-electron chi connectivity index (χ0n) is 31.1. The van der Waals surface area contributed by atoms with Crippen LogP contribution in [0.3, 0.4) is 0 Å². The Bertz CT molecular complexity index is 1770. The molecule has 16 heteroatoms. The number of carboxylic acids is 2. The molecule has 0 atom stereocenters. The summed E-state index contributed by atoms with van der Waals surface area (Å²) in [5, 5.41) is 24.4. The van der Waals surface area contributed by atoms with Crippen molar-refractivity contribution < 1.29 is 61.6 Å². The highest BCUT2D eigenvalue weighted by molar-refractivity contribution is 5.90. The molecular formula is C40H46F3N3O10. The summed E-state index contributed by atoms with van der Waals surface area (Å²) in [4.78, 5) is 60.0. The fourth-order valence-corrected chi connectivity index (χ4v) is 6.68. The number of hydrogen-bond donors (Lipinski definition) is 4. The summed E-state index contributed by atoms with van der Waals surface area (Å²) in [5.41, 5.74) is 3.01. The second-order valence-corrected chi connectivity index (χ2v) is 13.6. The van der Waals surface area contributed by atoms with E-state index in [1.54, 1.807) is 41.3 Å². The van der Waals surface area contributed by atoms with E-state index in [1.165, 1.54) is 26.4 Å². The predicted molar refractivity (Wildman–Crippen MR) is 197 cm³/mol. The van der Waals surface area contributed by atoms with Crippen molar-refractivity contribution in [2.75, 3.05) is 19.5 Å². The van der Waals surface area contributed by atoms with E-state index in [0.29, 0.717) is 42.9 Å². The predicted octanol–water partition coefficient (Wildman–Crippen LogP) is 7.26. The van der Waals surface area contributed by atoms with Crippen LogP contribution in [-0.4, -0.2) is 77.7 Å². The van der Waals surface area contributed by atoms with Gasteiger partial charge in [0.2, 0.25) is 0 Å². The summed E-state index contributed by atoms with van der Waals surface area (Å²) >= 11 is 0. The van der Waals surface area contributed by atoms with Crippen LogP contribution in [0.1, 0.15) is 83.2 Å². The normalized spacial score (nSPS) is 19.3.